The van der Waals surface area contributed by atoms with E-state index in [9.17, 15) is 4.79 Å². The molecule has 0 saturated heterocycles. The summed E-state index contributed by atoms with van der Waals surface area (Å²) in [5.41, 5.74) is 4.81. The highest BCUT2D eigenvalue weighted by Crippen LogP contribution is 2.38. The minimum Gasteiger partial charge on any atom is -0.472 e. The molecule has 4 aromatic rings. The van der Waals surface area contributed by atoms with E-state index in [1.807, 2.05) is 31.2 Å². The lowest BCUT2D eigenvalue weighted by atomic mass is 9.98. The Morgan fingerprint density at radius 3 is 2.50 bits per heavy atom. The first kappa shape index (κ1) is 18.7. The van der Waals surface area contributed by atoms with Gasteiger partial charge in [0.2, 0.25) is 0 Å². The fraction of sp³-hybridized carbons (Fsp3) is 0.269. The quantitative estimate of drug-likeness (QED) is 0.307. The summed E-state index contributed by atoms with van der Waals surface area (Å²) < 4.78 is 11.8. The fourth-order valence-electron chi connectivity index (χ4n) is 4.35. The van der Waals surface area contributed by atoms with E-state index < -0.39 is 0 Å². The monoisotopic (exact) mass is 399 g/mol. The first-order chi connectivity index (χ1) is 14.6. The van der Waals surface area contributed by atoms with Crippen LogP contribution in [0.1, 0.15) is 42.9 Å². The fourth-order valence-corrected chi connectivity index (χ4v) is 4.35. The van der Waals surface area contributed by atoms with Crippen LogP contribution < -0.4 is 15.3 Å². The van der Waals surface area contributed by atoms with Gasteiger partial charge < -0.3 is 14.1 Å². The number of anilines is 1. The normalized spacial score (nSPS) is 14.6. The maximum atomic E-state index is 12.4. The average Bonchev–Trinajstić information content (AvgIpc) is 2.79. The molecule has 0 N–H and O–H groups in total. The first-order valence-electron chi connectivity index (χ1n) is 10.5. The summed E-state index contributed by atoms with van der Waals surface area (Å²) in [6.07, 6.45) is 1.13. The maximum absolute atomic E-state index is 12.4. The van der Waals surface area contributed by atoms with Gasteiger partial charge in [-0.2, -0.15) is 0 Å². The molecule has 0 radical (unpaired) electrons. The van der Waals surface area contributed by atoms with Gasteiger partial charge in [0.25, 0.3) is 0 Å². The number of fused-ring (bicyclic) bond motifs is 4. The van der Waals surface area contributed by atoms with Crippen LogP contribution in [0.15, 0.2) is 63.8 Å². The Bertz CT molecular complexity index is 1300. The van der Waals surface area contributed by atoms with Gasteiger partial charge in [-0.25, -0.2) is 4.79 Å². The van der Waals surface area contributed by atoms with E-state index >= 15 is 0 Å². The minimum atomic E-state index is -0.306. The van der Waals surface area contributed by atoms with Crippen molar-refractivity contribution in [3.8, 4) is 5.75 Å². The Hall–Kier alpha value is -3.27. The summed E-state index contributed by atoms with van der Waals surface area (Å²) in [5.74, 6) is 1.39. The molecule has 0 saturated carbocycles. The number of nitrogens with zero attached hydrogens (tertiary/aromatic N) is 1. The lowest BCUT2D eigenvalue weighted by Crippen LogP contribution is -2.32. The Morgan fingerprint density at radius 1 is 1.03 bits per heavy atom. The van der Waals surface area contributed by atoms with Crippen molar-refractivity contribution in [2.45, 2.75) is 39.7 Å². The van der Waals surface area contributed by atoms with Crippen LogP contribution in [0.3, 0.4) is 0 Å². The second kappa shape index (κ2) is 7.21. The first-order valence-corrected chi connectivity index (χ1v) is 10.5. The van der Waals surface area contributed by atoms with Crippen LogP contribution in [0, 0.1) is 6.92 Å². The third kappa shape index (κ3) is 2.95. The Labute approximate surface area is 175 Å². The lowest BCUT2D eigenvalue weighted by molar-refractivity contribution is 0.287. The molecule has 1 atom stereocenters. The summed E-state index contributed by atoms with van der Waals surface area (Å²) in [5, 5.41) is 2.49. The molecule has 152 valence electrons. The molecule has 3 aromatic carbocycles. The molecule has 4 heteroatoms. The van der Waals surface area contributed by atoms with Gasteiger partial charge in [0.15, 0.2) is 6.73 Å². The van der Waals surface area contributed by atoms with Gasteiger partial charge in [-0.05, 0) is 54.5 Å². The Balaban J connectivity index is 1.58. The third-order valence-electron chi connectivity index (χ3n) is 6.33. The zero-order valence-corrected chi connectivity index (χ0v) is 17.6. The Kier molecular flexibility index (Phi) is 4.50. The van der Waals surface area contributed by atoms with Crippen molar-refractivity contribution < 1.29 is 9.15 Å². The molecular weight excluding hydrogens is 374 g/mol. The largest absolute Gasteiger partial charge is 0.472 e. The van der Waals surface area contributed by atoms with Gasteiger partial charge in [0.05, 0.1) is 5.39 Å². The highest BCUT2D eigenvalue weighted by molar-refractivity contribution is 6.06. The SMILES string of the molecule is CCC(C)c1ccc(N2COc3c(cc4c(oc(=O)c5ccccc54)c3C)C2)cc1. The van der Waals surface area contributed by atoms with Crippen LogP contribution in [-0.4, -0.2) is 6.73 Å². The molecule has 1 aliphatic heterocycles. The summed E-state index contributed by atoms with van der Waals surface area (Å²) in [6.45, 7) is 7.66. The summed E-state index contributed by atoms with van der Waals surface area (Å²) in [7, 11) is 0. The number of hydrogen-bond donors (Lipinski definition) is 0. The van der Waals surface area contributed by atoms with Gasteiger partial charge in [0.1, 0.15) is 11.3 Å². The molecule has 2 heterocycles. The topological polar surface area (TPSA) is 42.7 Å². The van der Waals surface area contributed by atoms with E-state index in [4.69, 9.17) is 9.15 Å². The van der Waals surface area contributed by atoms with Crippen molar-refractivity contribution in [2.75, 3.05) is 11.6 Å². The number of rotatable bonds is 3. The third-order valence-corrected chi connectivity index (χ3v) is 6.33. The molecule has 0 fully saturated rings. The minimum absolute atomic E-state index is 0.306. The number of aryl methyl sites for hydroxylation is 1. The predicted octanol–water partition coefficient (Wildman–Crippen LogP) is 6.12. The van der Waals surface area contributed by atoms with E-state index in [2.05, 4.69) is 49.1 Å². The molecule has 0 spiro atoms. The number of ether oxygens (including phenoxy) is 1. The molecule has 0 bridgehead atoms. The molecule has 1 aromatic heterocycles. The van der Waals surface area contributed by atoms with E-state index in [1.165, 1.54) is 5.56 Å². The zero-order valence-electron chi connectivity index (χ0n) is 17.6. The van der Waals surface area contributed by atoms with Crippen molar-refractivity contribution in [2.24, 2.45) is 0 Å². The summed E-state index contributed by atoms with van der Waals surface area (Å²) >= 11 is 0. The number of hydrogen-bond acceptors (Lipinski definition) is 4. The molecule has 4 nitrogen and oxygen atoms in total. The van der Waals surface area contributed by atoms with Crippen molar-refractivity contribution in [1.29, 1.82) is 0 Å². The Morgan fingerprint density at radius 2 is 1.77 bits per heavy atom. The van der Waals surface area contributed by atoms with E-state index in [1.54, 1.807) is 0 Å². The predicted molar refractivity (Wildman–Crippen MR) is 122 cm³/mol. The molecule has 30 heavy (non-hydrogen) atoms. The van der Waals surface area contributed by atoms with Crippen LogP contribution in [0.5, 0.6) is 5.75 Å². The molecular formula is C26H25NO3. The van der Waals surface area contributed by atoms with E-state index in [-0.39, 0.29) is 5.63 Å². The van der Waals surface area contributed by atoms with Crippen molar-refractivity contribution in [3.63, 3.8) is 0 Å². The average molecular weight is 399 g/mol. The van der Waals surface area contributed by atoms with Crippen molar-refractivity contribution in [3.05, 3.63) is 81.7 Å². The standard InChI is InChI=1S/C26H25NO3/c1-4-16(2)18-9-11-20(12-10-18)27-14-19-13-23-21-7-5-6-8-22(21)26(28)30-25(23)17(3)24(19)29-15-27/h5-13,16H,4,14-15H2,1-3H3. The van der Waals surface area contributed by atoms with Gasteiger partial charge >= 0.3 is 5.63 Å². The number of benzene rings is 3. The summed E-state index contributed by atoms with van der Waals surface area (Å²) in [6, 6.07) is 18.5. The van der Waals surface area contributed by atoms with E-state index in [0.29, 0.717) is 23.6 Å². The molecule has 5 rings (SSSR count). The molecule has 1 unspecified atom stereocenters. The molecule has 0 aliphatic carbocycles. The molecule has 0 amide bonds. The summed E-state index contributed by atoms with van der Waals surface area (Å²) in [4.78, 5) is 14.7. The van der Waals surface area contributed by atoms with Crippen LogP contribution >= 0.6 is 0 Å². The van der Waals surface area contributed by atoms with Crippen molar-refractivity contribution in [1.82, 2.24) is 0 Å². The van der Waals surface area contributed by atoms with E-state index in [0.717, 1.165) is 46.3 Å². The van der Waals surface area contributed by atoms with Gasteiger partial charge in [0, 0.05) is 28.7 Å². The lowest BCUT2D eigenvalue weighted by Gasteiger charge is -2.32. The second-order valence-corrected chi connectivity index (χ2v) is 8.17. The maximum Gasteiger partial charge on any atom is 0.344 e. The van der Waals surface area contributed by atoms with Gasteiger partial charge in [-0.1, -0.05) is 44.2 Å². The van der Waals surface area contributed by atoms with Crippen molar-refractivity contribution >= 4 is 27.4 Å². The van der Waals surface area contributed by atoms with Gasteiger partial charge in [-0.3, -0.25) is 0 Å². The smallest absolute Gasteiger partial charge is 0.344 e. The van der Waals surface area contributed by atoms with Crippen LogP contribution in [0.4, 0.5) is 5.69 Å². The highest BCUT2D eigenvalue weighted by atomic mass is 16.5. The van der Waals surface area contributed by atoms with Gasteiger partial charge in [-0.15, -0.1) is 0 Å². The molecule has 1 aliphatic rings. The van der Waals surface area contributed by atoms with Crippen LogP contribution in [0.2, 0.25) is 0 Å². The highest BCUT2D eigenvalue weighted by Gasteiger charge is 2.23. The van der Waals surface area contributed by atoms with Crippen LogP contribution in [-0.2, 0) is 6.54 Å². The second-order valence-electron chi connectivity index (χ2n) is 8.17. The van der Waals surface area contributed by atoms with Crippen LogP contribution in [0.25, 0.3) is 21.7 Å². The zero-order chi connectivity index (χ0) is 20.8.